The normalized spacial score (nSPS) is 20.1. The first-order chi connectivity index (χ1) is 10.9. The standard InChI is InChI=1S/C11H13N5O3S4/c1-16-4-6(9-7(2-3-20-9)23(16,18)19)13-8(17)5-21-11-15-14-10(12)22-11/h2-3,6H,4-5H2,1H3,(H2,12,14)(H,13,17). The van der Waals surface area contributed by atoms with Gasteiger partial charge in [-0.1, -0.05) is 23.1 Å². The van der Waals surface area contributed by atoms with Gasteiger partial charge in [0.1, 0.15) is 0 Å². The highest BCUT2D eigenvalue weighted by molar-refractivity contribution is 8.01. The van der Waals surface area contributed by atoms with Crippen molar-refractivity contribution in [2.45, 2.75) is 15.3 Å². The van der Waals surface area contributed by atoms with Gasteiger partial charge in [0.25, 0.3) is 0 Å². The Morgan fingerprint density at radius 1 is 1.57 bits per heavy atom. The van der Waals surface area contributed by atoms with Gasteiger partial charge >= 0.3 is 0 Å². The summed E-state index contributed by atoms with van der Waals surface area (Å²) in [5.41, 5.74) is 5.49. The first kappa shape index (κ1) is 16.6. The fraction of sp³-hybridized carbons (Fsp3) is 0.364. The maximum atomic E-state index is 12.2. The van der Waals surface area contributed by atoms with Crippen molar-refractivity contribution in [1.29, 1.82) is 0 Å². The average molecular weight is 392 g/mol. The molecule has 2 aromatic heterocycles. The number of carbonyl (C=O) groups is 1. The molecule has 0 bridgehead atoms. The Labute approximate surface area is 145 Å². The van der Waals surface area contributed by atoms with Crippen LogP contribution in [0.3, 0.4) is 0 Å². The summed E-state index contributed by atoms with van der Waals surface area (Å²) < 4.78 is 26.3. The van der Waals surface area contributed by atoms with Crippen LogP contribution >= 0.6 is 34.4 Å². The van der Waals surface area contributed by atoms with E-state index in [0.29, 0.717) is 14.3 Å². The largest absolute Gasteiger partial charge is 0.374 e. The molecule has 12 heteroatoms. The van der Waals surface area contributed by atoms with Gasteiger partial charge in [0, 0.05) is 18.5 Å². The fourth-order valence-electron chi connectivity index (χ4n) is 2.14. The topological polar surface area (TPSA) is 118 Å². The van der Waals surface area contributed by atoms with E-state index in [-0.39, 0.29) is 29.1 Å². The van der Waals surface area contributed by atoms with E-state index in [9.17, 15) is 13.2 Å². The number of hydrogen-bond donors (Lipinski definition) is 2. The van der Waals surface area contributed by atoms with Gasteiger partial charge in [-0.15, -0.1) is 21.5 Å². The van der Waals surface area contributed by atoms with E-state index in [2.05, 4.69) is 15.5 Å². The van der Waals surface area contributed by atoms with Gasteiger partial charge < -0.3 is 11.1 Å². The Balaban J connectivity index is 1.67. The summed E-state index contributed by atoms with van der Waals surface area (Å²) in [6.45, 7) is 0.220. The Hall–Kier alpha value is -1.21. The number of nitrogen functional groups attached to an aromatic ring is 1. The number of nitrogens with one attached hydrogen (secondary N) is 1. The number of hydrogen-bond acceptors (Lipinski definition) is 9. The molecule has 3 rings (SSSR count). The predicted octanol–water partition coefficient (Wildman–Crippen LogP) is 0.766. The first-order valence-electron chi connectivity index (χ1n) is 6.43. The van der Waals surface area contributed by atoms with Crippen LogP contribution in [0.25, 0.3) is 0 Å². The molecule has 1 unspecified atom stereocenters. The number of amides is 1. The minimum absolute atomic E-state index is 0.169. The van der Waals surface area contributed by atoms with Gasteiger partial charge in [0.2, 0.25) is 21.1 Å². The molecule has 1 aliphatic heterocycles. The maximum absolute atomic E-state index is 12.2. The SMILES string of the molecule is CN1CC(NC(=O)CSc2nnc(N)s2)c2sccc2S1(=O)=O. The fourth-order valence-corrected chi connectivity index (χ4v) is 6.28. The number of aromatic nitrogens is 2. The molecule has 0 aromatic carbocycles. The molecule has 1 atom stereocenters. The number of likely N-dealkylation sites (N-methyl/N-ethyl adjacent to an activating group) is 1. The Kier molecular flexibility index (Phi) is 4.60. The van der Waals surface area contributed by atoms with E-state index in [1.807, 2.05) is 0 Å². The highest BCUT2D eigenvalue weighted by atomic mass is 32.2. The lowest BCUT2D eigenvalue weighted by atomic mass is 10.2. The third kappa shape index (κ3) is 3.35. The summed E-state index contributed by atoms with van der Waals surface area (Å²) in [5, 5.41) is 12.5. The lowest BCUT2D eigenvalue weighted by Gasteiger charge is -2.29. The summed E-state index contributed by atoms with van der Waals surface area (Å²) in [7, 11) is -1.93. The van der Waals surface area contributed by atoms with Crippen molar-refractivity contribution in [2.75, 3.05) is 25.1 Å². The van der Waals surface area contributed by atoms with Crippen LogP contribution in [0.2, 0.25) is 0 Å². The Bertz CT molecular complexity index is 830. The minimum Gasteiger partial charge on any atom is -0.374 e. The minimum atomic E-state index is -3.44. The van der Waals surface area contributed by atoms with E-state index in [1.165, 1.54) is 45.8 Å². The zero-order valence-corrected chi connectivity index (χ0v) is 15.2. The molecule has 0 radical (unpaired) electrons. The van der Waals surface area contributed by atoms with Gasteiger partial charge in [-0.25, -0.2) is 8.42 Å². The number of nitrogens with two attached hydrogens (primary N) is 1. The van der Waals surface area contributed by atoms with Gasteiger partial charge in [0.15, 0.2) is 4.34 Å². The number of thiophene rings is 1. The molecule has 124 valence electrons. The van der Waals surface area contributed by atoms with Gasteiger partial charge in [0.05, 0.1) is 16.7 Å². The summed E-state index contributed by atoms with van der Waals surface area (Å²) in [6, 6.07) is 1.23. The highest BCUT2D eigenvalue weighted by Gasteiger charge is 2.36. The van der Waals surface area contributed by atoms with E-state index >= 15 is 0 Å². The summed E-state index contributed by atoms with van der Waals surface area (Å²) in [5.74, 6) is -0.0247. The zero-order valence-electron chi connectivity index (χ0n) is 11.9. The molecular weight excluding hydrogens is 378 g/mol. The number of fused-ring (bicyclic) bond motifs is 1. The molecule has 0 saturated heterocycles. The number of anilines is 1. The van der Waals surface area contributed by atoms with Gasteiger partial charge in [-0.3, -0.25) is 4.79 Å². The van der Waals surface area contributed by atoms with Crippen molar-refractivity contribution in [1.82, 2.24) is 19.8 Å². The smallest absolute Gasteiger partial charge is 0.244 e. The van der Waals surface area contributed by atoms with E-state index in [0.717, 1.165) is 0 Å². The third-order valence-electron chi connectivity index (χ3n) is 3.19. The predicted molar refractivity (Wildman–Crippen MR) is 90.1 cm³/mol. The van der Waals surface area contributed by atoms with Crippen LogP contribution in [0.5, 0.6) is 0 Å². The Morgan fingerprint density at radius 3 is 3.04 bits per heavy atom. The molecule has 23 heavy (non-hydrogen) atoms. The van der Waals surface area contributed by atoms with Crippen LogP contribution in [-0.2, 0) is 14.8 Å². The van der Waals surface area contributed by atoms with Crippen LogP contribution in [0.15, 0.2) is 20.7 Å². The average Bonchev–Trinajstić information content (AvgIpc) is 3.12. The van der Waals surface area contributed by atoms with Crippen molar-refractivity contribution in [3.63, 3.8) is 0 Å². The molecule has 3 N–H and O–H groups in total. The van der Waals surface area contributed by atoms with E-state index < -0.39 is 10.0 Å². The molecule has 1 amide bonds. The van der Waals surface area contributed by atoms with Crippen LogP contribution < -0.4 is 11.1 Å². The molecule has 8 nitrogen and oxygen atoms in total. The Morgan fingerprint density at radius 2 is 2.35 bits per heavy atom. The quantitative estimate of drug-likeness (QED) is 0.739. The summed E-state index contributed by atoms with van der Waals surface area (Å²) in [6.07, 6.45) is 0. The van der Waals surface area contributed by atoms with Crippen molar-refractivity contribution >= 4 is 55.5 Å². The second-order valence-electron chi connectivity index (χ2n) is 4.75. The van der Waals surface area contributed by atoms with E-state index in [4.69, 9.17) is 5.73 Å². The lowest BCUT2D eigenvalue weighted by Crippen LogP contribution is -2.43. The number of rotatable bonds is 4. The first-order valence-corrected chi connectivity index (χ1v) is 10.5. The van der Waals surface area contributed by atoms with Gasteiger partial charge in [-0.2, -0.15) is 4.31 Å². The maximum Gasteiger partial charge on any atom is 0.244 e. The third-order valence-corrected chi connectivity index (χ3v) is 8.11. The lowest BCUT2D eigenvalue weighted by molar-refractivity contribution is -0.119. The molecule has 0 spiro atoms. The van der Waals surface area contributed by atoms with Crippen molar-refractivity contribution < 1.29 is 13.2 Å². The van der Waals surface area contributed by atoms with Crippen molar-refractivity contribution in [3.05, 3.63) is 16.3 Å². The second kappa shape index (κ2) is 6.36. The number of sulfonamides is 1. The number of thioether (sulfide) groups is 1. The van der Waals surface area contributed by atoms with Crippen LogP contribution in [0.4, 0.5) is 5.13 Å². The molecule has 2 aromatic rings. The van der Waals surface area contributed by atoms with Crippen LogP contribution in [0, 0.1) is 0 Å². The highest BCUT2D eigenvalue weighted by Crippen LogP contribution is 2.35. The summed E-state index contributed by atoms with van der Waals surface area (Å²) >= 11 is 3.80. The monoisotopic (exact) mass is 391 g/mol. The van der Waals surface area contributed by atoms with Crippen molar-refractivity contribution in [2.24, 2.45) is 0 Å². The molecule has 0 fully saturated rings. The summed E-state index contributed by atoms with van der Waals surface area (Å²) in [4.78, 5) is 13.1. The molecule has 3 heterocycles. The number of nitrogens with zero attached hydrogens (tertiary/aromatic N) is 3. The molecule has 0 saturated carbocycles. The van der Waals surface area contributed by atoms with Gasteiger partial charge in [-0.05, 0) is 11.4 Å². The van der Waals surface area contributed by atoms with E-state index in [1.54, 1.807) is 11.4 Å². The molecule has 1 aliphatic rings. The number of carbonyl (C=O) groups excluding carboxylic acids is 1. The van der Waals surface area contributed by atoms with Crippen molar-refractivity contribution in [3.8, 4) is 0 Å². The second-order valence-corrected chi connectivity index (χ2v) is 9.94. The molecular formula is C11H13N5O3S4. The zero-order chi connectivity index (χ0) is 16.6. The van der Waals surface area contributed by atoms with Crippen LogP contribution in [-0.4, -0.2) is 48.2 Å². The van der Waals surface area contributed by atoms with Crippen LogP contribution in [0.1, 0.15) is 10.9 Å². The molecule has 0 aliphatic carbocycles.